The minimum Gasteiger partial charge on any atom is -0.473 e. The fourth-order valence-electron chi connectivity index (χ4n) is 2.40. The third-order valence-corrected chi connectivity index (χ3v) is 6.06. The van der Waals surface area contributed by atoms with Gasteiger partial charge < -0.3 is 4.74 Å². The van der Waals surface area contributed by atoms with Gasteiger partial charge >= 0.3 is 0 Å². The summed E-state index contributed by atoms with van der Waals surface area (Å²) in [6.45, 7) is 0.315. The monoisotopic (exact) mass is 422 g/mol. The molecule has 1 N–H and O–H groups in total. The first-order chi connectivity index (χ1) is 13.0. The number of rotatable bonds is 7. The standard InChI is InChI=1S/C19H16Cl2N2O3S/c20-16-9-4-10-17(21)18(16)27(24,25)23-12-15-8-5-11-22-19(15)26-13-14-6-2-1-3-7-14/h1-11,23H,12-13H2. The van der Waals surface area contributed by atoms with Crippen molar-refractivity contribution in [3.05, 3.63) is 88.0 Å². The third kappa shape index (κ3) is 4.99. The van der Waals surface area contributed by atoms with Crippen LogP contribution in [0.3, 0.4) is 0 Å². The van der Waals surface area contributed by atoms with Gasteiger partial charge in [-0.15, -0.1) is 0 Å². The molecule has 3 aromatic rings. The van der Waals surface area contributed by atoms with Gasteiger partial charge in [-0.2, -0.15) is 0 Å². The van der Waals surface area contributed by atoms with Crippen LogP contribution >= 0.6 is 23.2 Å². The molecule has 1 aromatic heterocycles. The van der Waals surface area contributed by atoms with E-state index in [9.17, 15) is 8.42 Å². The van der Waals surface area contributed by atoms with E-state index in [1.165, 1.54) is 12.1 Å². The molecule has 27 heavy (non-hydrogen) atoms. The van der Waals surface area contributed by atoms with Gasteiger partial charge in [0.1, 0.15) is 11.5 Å². The van der Waals surface area contributed by atoms with Crippen LogP contribution < -0.4 is 9.46 Å². The maximum atomic E-state index is 12.6. The zero-order chi connectivity index (χ0) is 19.3. The highest BCUT2D eigenvalue weighted by atomic mass is 35.5. The summed E-state index contributed by atoms with van der Waals surface area (Å²) in [5.74, 6) is 0.356. The molecule has 0 fully saturated rings. The molecule has 0 saturated carbocycles. The van der Waals surface area contributed by atoms with Crippen molar-refractivity contribution in [1.29, 1.82) is 0 Å². The lowest BCUT2D eigenvalue weighted by Crippen LogP contribution is -2.24. The molecule has 0 aliphatic heterocycles. The number of hydrogen-bond acceptors (Lipinski definition) is 4. The molecule has 0 radical (unpaired) electrons. The van der Waals surface area contributed by atoms with Crippen LogP contribution in [0.5, 0.6) is 5.88 Å². The molecule has 0 spiro atoms. The molecule has 0 aliphatic rings. The number of aromatic nitrogens is 1. The van der Waals surface area contributed by atoms with Gasteiger partial charge in [0, 0.05) is 18.3 Å². The molecule has 2 aromatic carbocycles. The Morgan fingerprint density at radius 2 is 1.63 bits per heavy atom. The predicted molar refractivity (Wildman–Crippen MR) is 105 cm³/mol. The quantitative estimate of drug-likeness (QED) is 0.610. The second kappa shape index (κ2) is 8.71. The van der Waals surface area contributed by atoms with Gasteiger partial charge in [0.15, 0.2) is 0 Å². The average Bonchev–Trinajstić information content (AvgIpc) is 2.66. The molecular weight excluding hydrogens is 407 g/mol. The molecular formula is C19H16Cl2N2O3S. The maximum absolute atomic E-state index is 12.6. The Bertz CT molecular complexity index is 1010. The number of sulfonamides is 1. The summed E-state index contributed by atoms with van der Waals surface area (Å²) >= 11 is 12.0. The van der Waals surface area contributed by atoms with Gasteiger partial charge in [-0.25, -0.2) is 18.1 Å². The summed E-state index contributed by atoms with van der Waals surface area (Å²) in [6.07, 6.45) is 1.59. The fraction of sp³-hybridized carbons (Fsp3) is 0.105. The number of hydrogen-bond donors (Lipinski definition) is 1. The highest BCUT2D eigenvalue weighted by Gasteiger charge is 2.21. The van der Waals surface area contributed by atoms with Crippen LogP contribution in [0.2, 0.25) is 10.0 Å². The Morgan fingerprint density at radius 3 is 2.33 bits per heavy atom. The van der Waals surface area contributed by atoms with Crippen molar-refractivity contribution in [2.24, 2.45) is 0 Å². The highest BCUT2D eigenvalue weighted by molar-refractivity contribution is 7.89. The maximum Gasteiger partial charge on any atom is 0.243 e. The first-order valence-corrected chi connectivity index (χ1v) is 10.3. The van der Waals surface area contributed by atoms with Gasteiger partial charge in [-0.05, 0) is 23.8 Å². The van der Waals surface area contributed by atoms with E-state index in [1.807, 2.05) is 30.3 Å². The molecule has 0 atom stereocenters. The summed E-state index contributed by atoms with van der Waals surface area (Å²) < 4.78 is 33.4. The Hall–Kier alpha value is -2.12. The molecule has 140 valence electrons. The largest absolute Gasteiger partial charge is 0.473 e. The van der Waals surface area contributed by atoms with E-state index in [1.54, 1.807) is 24.4 Å². The number of halogens is 2. The van der Waals surface area contributed by atoms with E-state index in [2.05, 4.69) is 9.71 Å². The van der Waals surface area contributed by atoms with Crippen molar-refractivity contribution in [2.75, 3.05) is 0 Å². The highest BCUT2D eigenvalue weighted by Crippen LogP contribution is 2.29. The second-order valence-corrected chi connectivity index (χ2v) is 8.14. The lowest BCUT2D eigenvalue weighted by molar-refractivity contribution is 0.290. The zero-order valence-electron chi connectivity index (χ0n) is 14.1. The average molecular weight is 423 g/mol. The van der Waals surface area contributed by atoms with Crippen LogP contribution in [0, 0.1) is 0 Å². The Kier molecular flexibility index (Phi) is 6.34. The molecule has 5 nitrogen and oxygen atoms in total. The molecule has 0 aliphatic carbocycles. The third-order valence-electron chi connectivity index (χ3n) is 3.71. The molecule has 0 unspecified atom stereocenters. The normalized spacial score (nSPS) is 11.3. The van der Waals surface area contributed by atoms with E-state index in [-0.39, 0.29) is 21.5 Å². The second-order valence-electron chi connectivity index (χ2n) is 5.62. The smallest absolute Gasteiger partial charge is 0.243 e. The summed E-state index contributed by atoms with van der Waals surface area (Å²) in [7, 11) is -3.90. The van der Waals surface area contributed by atoms with Gasteiger partial charge in [-0.3, -0.25) is 0 Å². The van der Waals surface area contributed by atoms with E-state index in [4.69, 9.17) is 27.9 Å². The van der Waals surface area contributed by atoms with Crippen molar-refractivity contribution in [2.45, 2.75) is 18.0 Å². The minimum atomic E-state index is -3.90. The van der Waals surface area contributed by atoms with Crippen molar-refractivity contribution in [3.63, 3.8) is 0 Å². The summed E-state index contributed by atoms with van der Waals surface area (Å²) in [5.41, 5.74) is 1.58. The molecule has 1 heterocycles. The van der Waals surface area contributed by atoms with Crippen LogP contribution in [0.1, 0.15) is 11.1 Å². The van der Waals surface area contributed by atoms with Crippen molar-refractivity contribution >= 4 is 33.2 Å². The van der Waals surface area contributed by atoms with Crippen molar-refractivity contribution in [3.8, 4) is 5.88 Å². The lowest BCUT2D eigenvalue weighted by atomic mass is 10.2. The van der Waals surface area contributed by atoms with Crippen LogP contribution in [-0.2, 0) is 23.2 Å². The van der Waals surface area contributed by atoms with Crippen LogP contribution in [0.4, 0.5) is 0 Å². The van der Waals surface area contributed by atoms with E-state index >= 15 is 0 Å². The topological polar surface area (TPSA) is 68.3 Å². The van der Waals surface area contributed by atoms with E-state index in [0.29, 0.717) is 18.1 Å². The number of nitrogens with one attached hydrogen (secondary N) is 1. The predicted octanol–water partition coefficient (Wildman–Crippen LogP) is 4.45. The van der Waals surface area contributed by atoms with Crippen LogP contribution in [0.15, 0.2) is 71.8 Å². The first-order valence-electron chi connectivity index (χ1n) is 8.01. The van der Waals surface area contributed by atoms with E-state index < -0.39 is 10.0 Å². The number of pyridine rings is 1. The Morgan fingerprint density at radius 1 is 0.926 bits per heavy atom. The lowest BCUT2D eigenvalue weighted by Gasteiger charge is -2.13. The summed E-state index contributed by atoms with van der Waals surface area (Å²) in [5, 5.41) is 0.114. The fourth-order valence-corrected chi connectivity index (χ4v) is 4.54. The zero-order valence-corrected chi connectivity index (χ0v) is 16.4. The SMILES string of the molecule is O=S(=O)(NCc1cccnc1OCc1ccccc1)c1c(Cl)cccc1Cl. The van der Waals surface area contributed by atoms with Gasteiger partial charge in [0.25, 0.3) is 0 Å². The van der Waals surface area contributed by atoms with Crippen molar-refractivity contribution < 1.29 is 13.2 Å². The summed E-state index contributed by atoms with van der Waals surface area (Å²) in [4.78, 5) is 4.04. The van der Waals surface area contributed by atoms with Gasteiger partial charge in [0.2, 0.25) is 15.9 Å². The van der Waals surface area contributed by atoms with Crippen LogP contribution in [-0.4, -0.2) is 13.4 Å². The molecule has 3 rings (SSSR count). The Labute approximate surface area is 168 Å². The molecule has 0 saturated heterocycles. The van der Waals surface area contributed by atoms with Gasteiger partial charge in [-0.1, -0.05) is 65.7 Å². The number of benzene rings is 2. The van der Waals surface area contributed by atoms with Gasteiger partial charge in [0.05, 0.1) is 10.0 Å². The summed E-state index contributed by atoms with van der Waals surface area (Å²) in [6, 6.07) is 17.6. The molecule has 8 heteroatoms. The molecule has 0 bridgehead atoms. The molecule has 0 amide bonds. The Balaban J connectivity index is 1.75. The number of ether oxygens (including phenoxy) is 1. The first kappa shape index (κ1) is 19.6. The minimum absolute atomic E-state index is 0.0121. The van der Waals surface area contributed by atoms with E-state index in [0.717, 1.165) is 5.56 Å². The van der Waals surface area contributed by atoms with Crippen molar-refractivity contribution in [1.82, 2.24) is 9.71 Å². The van der Waals surface area contributed by atoms with Crippen LogP contribution in [0.25, 0.3) is 0 Å². The number of nitrogens with zero attached hydrogens (tertiary/aromatic N) is 1.